The Kier molecular flexibility index (Phi) is 9.15. The van der Waals surface area contributed by atoms with Gasteiger partial charge in [-0.2, -0.15) is 0 Å². The second-order valence-corrected chi connectivity index (χ2v) is 6.90. The van der Waals surface area contributed by atoms with Crippen molar-refractivity contribution >= 4 is 11.9 Å². The summed E-state index contributed by atoms with van der Waals surface area (Å²) in [6, 6.07) is 12.4. The third kappa shape index (κ3) is 7.56. The van der Waals surface area contributed by atoms with E-state index in [-0.39, 0.29) is 11.7 Å². The second kappa shape index (κ2) is 11.8. The van der Waals surface area contributed by atoms with E-state index in [1.165, 1.54) is 6.07 Å². The Morgan fingerprint density at radius 1 is 1.03 bits per heavy atom. The van der Waals surface area contributed by atoms with Crippen LogP contribution < -0.4 is 16.0 Å². The monoisotopic (exact) mass is 398 g/mol. The molecule has 6 heteroatoms. The largest absolute Gasteiger partial charge is 0.357 e. The number of rotatable bonds is 9. The summed E-state index contributed by atoms with van der Waals surface area (Å²) in [6.45, 7) is 8.54. The molecule has 0 saturated heterocycles. The average Bonchev–Trinajstić information content (AvgIpc) is 2.72. The van der Waals surface area contributed by atoms with Crippen LogP contribution in [0.1, 0.15) is 47.3 Å². The smallest absolute Gasteiger partial charge is 0.251 e. The molecule has 0 atom stereocenters. The molecule has 2 aromatic rings. The Hall–Kier alpha value is -2.89. The third-order valence-corrected chi connectivity index (χ3v) is 4.48. The van der Waals surface area contributed by atoms with Crippen LogP contribution in [-0.4, -0.2) is 31.5 Å². The summed E-state index contributed by atoms with van der Waals surface area (Å²) in [7, 11) is 0. The predicted octanol–water partition coefficient (Wildman–Crippen LogP) is 3.57. The molecule has 0 aromatic heterocycles. The summed E-state index contributed by atoms with van der Waals surface area (Å²) < 4.78 is 13.2. The Morgan fingerprint density at radius 3 is 2.59 bits per heavy atom. The van der Waals surface area contributed by atoms with Gasteiger partial charge in [-0.25, -0.2) is 9.38 Å². The fourth-order valence-corrected chi connectivity index (χ4v) is 2.92. The molecule has 29 heavy (non-hydrogen) atoms. The normalized spacial score (nSPS) is 11.2. The Balaban J connectivity index is 1.95. The molecule has 0 aliphatic carbocycles. The van der Waals surface area contributed by atoms with Gasteiger partial charge in [0, 0.05) is 25.2 Å². The highest BCUT2D eigenvalue weighted by Crippen LogP contribution is 2.10. The standard InChI is InChI=1S/C23H31FN4O/c1-4-12-26-22(29)20-8-6-7-18(15-20)16-28-23(25-5-2)27-13-11-19-9-10-21(24)14-17(19)3/h6-10,14-15H,4-5,11-13,16H2,1-3H3,(H,26,29)(H2,25,27,28). The SMILES string of the molecule is CCCNC(=O)c1cccc(CN=C(NCC)NCCc2ccc(F)cc2C)c1. The van der Waals surface area contributed by atoms with Crippen molar-refractivity contribution in [1.82, 2.24) is 16.0 Å². The summed E-state index contributed by atoms with van der Waals surface area (Å²) in [5.41, 5.74) is 3.68. The average molecular weight is 399 g/mol. The fraction of sp³-hybridized carbons (Fsp3) is 0.391. The first-order chi connectivity index (χ1) is 14.0. The molecule has 5 nitrogen and oxygen atoms in total. The minimum atomic E-state index is -0.209. The first-order valence-corrected chi connectivity index (χ1v) is 10.2. The maximum Gasteiger partial charge on any atom is 0.251 e. The number of aliphatic imine (C=N–C) groups is 1. The van der Waals surface area contributed by atoms with Crippen molar-refractivity contribution in [2.75, 3.05) is 19.6 Å². The number of hydrogen-bond donors (Lipinski definition) is 3. The molecule has 0 unspecified atom stereocenters. The second-order valence-electron chi connectivity index (χ2n) is 6.90. The van der Waals surface area contributed by atoms with Crippen LogP contribution in [0.2, 0.25) is 0 Å². The first-order valence-electron chi connectivity index (χ1n) is 10.2. The quantitative estimate of drug-likeness (QED) is 0.447. The van der Waals surface area contributed by atoms with Gasteiger partial charge in [-0.3, -0.25) is 4.79 Å². The maximum absolute atomic E-state index is 13.2. The van der Waals surface area contributed by atoms with E-state index >= 15 is 0 Å². The van der Waals surface area contributed by atoms with Crippen molar-refractivity contribution in [2.45, 2.75) is 40.2 Å². The maximum atomic E-state index is 13.2. The lowest BCUT2D eigenvalue weighted by Crippen LogP contribution is -2.38. The fourth-order valence-electron chi connectivity index (χ4n) is 2.92. The van der Waals surface area contributed by atoms with Gasteiger partial charge in [-0.1, -0.05) is 25.1 Å². The number of nitrogens with one attached hydrogen (secondary N) is 3. The van der Waals surface area contributed by atoms with Gasteiger partial charge < -0.3 is 16.0 Å². The molecular weight excluding hydrogens is 367 g/mol. The summed E-state index contributed by atoms with van der Waals surface area (Å²) >= 11 is 0. The van der Waals surface area contributed by atoms with Crippen molar-refractivity contribution in [1.29, 1.82) is 0 Å². The van der Waals surface area contributed by atoms with E-state index < -0.39 is 0 Å². The van der Waals surface area contributed by atoms with Crippen molar-refractivity contribution in [3.63, 3.8) is 0 Å². The number of benzene rings is 2. The number of carbonyl (C=O) groups is 1. The first kappa shape index (κ1) is 22.4. The van der Waals surface area contributed by atoms with Gasteiger partial charge in [0.15, 0.2) is 5.96 Å². The molecule has 0 aliphatic heterocycles. The summed E-state index contributed by atoms with van der Waals surface area (Å²) in [5.74, 6) is 0.449. The molecule has 0 spiro atoms. The molecule has 156 valence electrons. The lowest BCUT2D eigenvalue weighted by molar-refractivity contribution is 0.0953. The van der Waals surface area contributed by atoms with Crippen molar-refractivity contribution in [2.24, 2.45) is 4.99 Å². The van der Waals surface area contributed by atoms with Crippen LogP contribution >= 0.6 is 0 Å². The molecule has 2 rings (SSSR count). The van der Waals surface area contributed by atoms with Crippen LogP contribution in [0.5, 0.6) is 0 Å². The zero-order valence-corrected chi connectivity index (χ0v) is 17.5. The number of carbonyl (C=O) groups excluding carboxylic acids is 1. The molecule has 0 heterocycles. The van der Waals surface area contributed by atoms with Crippen molar-refractivity contribution in [3.05, 3.63) is 70.5 Å². The number of aryl methyl sites for hydroxylation is 1. The molecule has 2 aromatic carbocycles. The van der Waals surface area contributed by atoms with Gasteiger partial charge in [0.1, 0.15) is 5.82 Å². The molecule has 1 amide bonds. The van der Waals surface area contributed by atoms with Crippen molar-refractivity contribution in [3.8, 4) is 0 Å². The highest BCUT2D eigenvalue weighted by molar-refractivity contribution is 5.94. The zero-order chi connectivity index (χ0) is 21.1. The van der Waals surface area contributed by atoms with Gasteiger partial charge in [-0.05, 0) is 67.6 Å². The molecule has 0 aliphatic rings. The van der Waals surface area contributed by atoms with Crippen LogP contribution in [0.15, 0.2) is 47.5 Å². The highest BCUT2D eigenvalue weighted by Gasteiger charge is 2.06. The summed E-state index contributed by atoms with van der Waals surface area (Å²) in [6.07, 6.45) is 1.69. The summed E-state index contributed by atoms with van der Waals surface area (Å²) in [4.78, 5) is 16.7. The van der Waals surface area contributed by atoms with Crippen LogP contribution in [0, 0.1) is 12.7 Å². The van der Waals surface area contributed by atoms with E-state index in [1.807, 2.05) is 51.1 Å². The Bertz CT molecular complexity index is 835. The van der Waals surface area contributed by atoms with Gasteiger partial charge in [0.2, 0.25) is 0 Å². The number of amides is 1. The summed E-state index contributed by atoms with van der Waals surface area (Å²) in [5, 5.41) is 9.43. The Morgan fingerprint density at radius 2 is 1.86 bits per heavy atom. The molecule has 0 bridgehead atoms. The third-order valence-electron chi connectivity index (χ3n) is 4.48. The molecule has 0 saturated carbocycles. The molecule has 0 radical (unpaired) electrons. The topological polar surface area (TPSA) is 65.5 Å². The molecule has 0 fully saturated rings. The van der Waals surface area contributed by atoms with Gasteiger partial charge >= 0.3 is 0 Å². The number of halogens is 1. The van der Waals surface area contributed by atoms with E-state index in [0.717, 1.165) is 36.1 Å². The van der Waals surface area contributed by atoms with E-state index in [0.29, 0.717) is 31.2 Å². The minimum absolute atomic E-state index is 0.0580. The van der Waals surface area contributed by atoms with Gasteiger partial charge in [0.05, 0.1) is 6.54 Å². The number of hydrogen-bond acceptors (Lipinski definition) is 2. The lowest BCUT2D eigenvalue weighted by atomic mass is 10.1. The van der Waals surface area contributed by atoms with E-state index in [9.17, 15) is 9.18 Å². The van der Waals surface area contributed by atoms with Gasteiger partial charge in [-0.15, -0.1) is 0 Å². The van der Waals surface area contributed by atoms with Crippen LogP contribution in [0.25, 0.3) is 0 Å². The van der Waals surface area contributed by atoms with E-state index in [2.05, 4.69) is 20.9 Å². The highest BCUT2D eigenvalue weighted by atomic mass is 19.1. The van der Waals surface area contributed by atoms with E-state index in [1.54, 1.807) is 6.07 Å². The molecule has 3 N–H and O–H groups in total. The lowest BCUT2D eigenvalue weighted by Gasteiger charge is -2.12. The number of nitrogens with zero attached hydrogens (tertiary/aromatic N) is 1. The molecular formula is C23H31FN4O. The minimum Gasteiger partial charge on any atom is -0.357 e. The predicted molar refractivity (Wildman–Crippen MR) is 117 cm³/mol. The van der Waals surface area contributed by atoms with Crippen molar-refractivity contribution < 1.29 is 9.18 Å². The van der Waals surface area contributed by atoms with Gasteiger partial charge in [0.25, 0.3) is 5.91 Å². The Labute approximate surface area is 172 Å². The van der Waals surface area contributed by atoms with E-state index in [4.69, 9.17) is 0 Å². The van der Waals surface area contributed by atoms with Crippen LogP contribution in [-0.2, 0) is 13.0 Å². The van der Waals surface area contributed by atoms with Crippen LogP contribution in [0.3, 0.4) is 0 Å². The number of guanidine groups is 1. The zero-order valence-electron chi connectivity index (χ0n) is 17.5. The van der Waals surface area contributed by atoms with Crippen LogP contribution in [0.4, 0.5) is 4.39 Å².